The molecule has 0 aromatic rings. The molecule has 0 saturated carbocycles. The number of carboxylic acids is 1. The molecule has 0 radical (unpaired) electrons. The summed E-state index contributed by atoms with van der Waals surface area (Å²) in [5.74, 6) is -1.64. The number of aliphatic hydroxyl groups excluding tert-OH is 1. The second-order valence-electron chi connectivity index (χ2n) is 6.50. The lowest BCUT2D eigenvalue weighted by atomic mass is 10.1. The van der Waals surface area contributed by atoms with Crippen LogP contribution in [0.3, 0.4) is 0 Å². The van der Waals surface area contributed by atoms with Crippen LogP contribution in [-0.4, -0.2) is 61.4 Å². The van der Waals surface area contributed by atoms with Crippen LogP contribution in [0.4, 0.5) is 0 Å². The average molecular weight is 303 g/mol. The highest BCUT2D eigenvalue weighted by atomic mass is 16.5. The summed E-state index contributed by atoms with van der Waals surface area (Å²) in [5, 5.41) is 20.3. The number of hydrogen-bond acceptors (Lipinski definition) is 5. The Bertz CT molecular complexity index is 325. The van der Waals surface area contributed by atoms with Crippen LogP contribution in [0.15, 0.2) is 0 Å². The summed E-state index contributed by atoms with van der Waals surface area (Å²) in [7, 11) is 5.70. The number of rotatable bonds is 11. The van der Waals surface area contributed by atoms with Gasteiger partial charge in [0.25, 0.3) is 0 Å². The van der Waals surface area contributed by atoms with E-state index in [9.17, 15) is 19.8 Å². The van der Waals surface area contributed by atoms with Crippen molar-refractivity contribution in [3.05, 3.63) is 0 Å². The fourth-order valence-electron chi connectivity index (χ4n) is 2.14. The van der Waals surface area contributed by atoms with Crippen molar-refractivity contribution in [3.8, 4) is 0 Å². The molecule has 21 heavy (non-hydrogen) atoms. The molecule has 0 aromatic heterocycles. The molecule has 0 spiro atoms. The minimum atomic E-state index is -1.22. The number of ether oxygens (including phenoxy) is 1. The molecule has 0 rings (SSSR count). The van der Waals surface area contributed by atoms with E-state index in [1.165, 1.54) is 0 Å². The van der Waals surface area contributed by atoms with Crippen molar-refractivity contribution in [2.45, 2.75) is 57.7 Å². The molecule has 0 fully saturated rings. The maximum Gasteiger partial charge on any atom is 0.306 e. The highest BCUT2D eigenvalue weighted by molar-refractivity contribution is 5.70. The maximum atomic E-state index is 11.7. The van der Waals surface area contributed by atoms with Crippen LogP contribution in [0, 0.1) is 0 Å². The Morgan fingerprint density at radius 3 is 2.33 bits per heavy atom. The van der Waals surface area contributed by atoms with E-state index in [1.54, 1.807) is 0 Å². The highest BCUT2D eigenvalue weighted by Gasteiger charge is 2.22. The first-order valence-electron chi connectivity index (χ1n) is 7.52. The summed E-state index contributed by atoms with van der Waals surface area (Å²) in [4.78, 5) is 22.4. The molecule has 0 amide bonds. The number of hydrogen-bond donors (Lipinski definition) is 1. The molecule has 0 aromatic carbocycles. The summed E-state index contributed by atoms with van der Waals surface area (Å²) >= 11 is 0. The van der Waals surface area contributed by atoms with Crippen molar-refractivity contribution in [3.63, 3.8) is 0 Å². The number of nitrogens with zero attached hydrogens (tertiary/aromatic N) is 1. The summed E-state index contributed by atoms with van der Waals surface area (Å²) in [6, 6.07) is 0. The second-order valence-corrected chi connectivity index (χ2v) is 6.50. The molecule has 0 aliphatic rings. The van der Waals surface area contributed by atoms with Gasteiger partial charge < -0.3 is 24.2 Å². The first-order chi connectivity index (χ1) is 9.64. The van der Waals surface area contributed by atoms with Crippen LogP contribution in [0.5, 0.6) is 0 Å². The number of carbonyl (C=O) groups excluding carboxylic acids is 2. The largest absolute Gasteiger partial charge is 0.550 e. The van der Waals surface area contributed by atoms with Crippen LogP contribution >= 0.6 is 0 Å². The minimum Gasteiger partial charge on any atom is -0.550 e. The number of carbonyl (C=O) groups is 2. The van der Waals surface area contributed by atoms with Gasteiger partial charge in [0.2, 0.25) is 0 Å². The third kappa shape index (κ3) is 12.3. The van der Waals surface area contributed by atoms with Crippen LogP contribution in [0.25, 0.3) is 0 Å². The minimum absolute atomic E-state index is 0.196. The van der Waals surface area contributed by atoms with Crippen molar-refractivity contribution in [1.29, 1.82) is 0 Å². The van der Waals surface area contributed by atoms with Crippen molar-refractivity contribution < 1.29 is 29.0 Å². The SMILES string of the molecule is CCCC(O)CCCC(=O)OC(CC(=O)[O-])C[N+](C)(C)C. The van der Waals surface area contributed by atoms with Crippen molar-refractivity contribution in [1.82, 2.24) is 0 Å². The summed E-state index contributed by atoms with van der Waals surface area (Å²) < 4.78 is 5.72. The lowest BCUT2D eigenvalue weighted by Crippen LogP contribution is -2.45. The van der Waals surface area contributed by atoms with Crippen LogP contribution < -0.4 is 5.11 Å². The molecule has 0 saturated heterocycles. The number of likely N-dealkylation sites (N-methyl/N-ethyl adjacent to an activating group) is 1. The van der Waals surface area contributed by atoms with Gasteiger partial charge in [0.1, 0.15) is 6.54 Å². The smallest absolute Gasteiger partial charge is 0.306 e. The lowest BCUT2D eigenvalue weighted by Gasteiger charge is -2.29. The van der Waals surface area contributed by atoms with Crippen LogP contribution in [0.2, 0.25) is 0 Å². The van der Waals surface area contributed by atoms with Crippen molar-refractivity contribution in [2.24, 2.45) is 0 Å². The Kier molecular flexibility index (Phi) is 9.21. The number of quaternary nitrogens is 1. The summed E-state index contributed by atoms with van der Waals surface area (Å²) in [6.45, 7) is 2.41. The first-order valence-corrected chi connectivity index (χ1v) is 7.52. The zero-order valence-electron chi connectivity index (χ0n) is 13.6. The molecule has 6 heteroatoms. The Hall–Kier alpha value is -1.14. The quantitative estimate of drug-likeness (QED) is 0.431. The molecule has 6 nitrogen and oxygen atoms in total. The first kappa shape index (κ1) is 19.9. The highest BCUT2D eigenvalue weighted by Crippen LogP contribution is 2.10. The molecule has 124 valence electrons. The third-order valence-electron chi connectivity index (χ3n) is 2.98. The van der Waals surface area contributed by atoms with E-state index in [-0.39, 0.29) is 18.9 Å². The van der Waals surface area contributed by atoms with E-state index >= 15 is 0 Å². The third-order valence-corrected chi connectivity index (χ3v) is 2.98. The average Bonchev–Trinajstić information content (AvgIpc) is 2.25. The van der Waals surface area contributed by atoms with Gasteiger partial charge in [-0.25, -0.2) is 0 Å². The zero-order valence-corrected chi connectivity index (χ0v) is 13.6. The Labute approximate surface area is 127 Å². The zero-order chi connectivity index (χ0) is 16.5. The van der Waals surface area contributed by atoms with Crippen LogP contribution in [0.1, 0.15) is 45.4 Å². The van der Waals surface area contributed by atoms with Crippen molar-refractivity contribution in [2.75, 3.05) is 27.7 Å². The fraction of sp³-hybridized carbons (Fsp3) is 0.867. The van der Waals surface area contributed by atoms with Gasteiger partial charge in [0.05, 0.1) is 27.2 Å². The monoisotopic (exact) mass is 303 g/mol. The number of carboxylic acid groups (broad SMARTS) is 1. The summed E-state index contributed by atoms with van der Waals surface area (Å²) in [6.07, 6.45) is 1.58. The number of aliphatic carboxylic acids is 1. The molecule has 2 unspecified atom stereocenters. The van der Waals surface area contributed by atoms with E-state index in [4.69, 9.17) is 4.74 Å². The van der Waals surface area contributed by atoms with Gasteiger partial charge >= 0.3 is 5.97 Å². The fourth-order valence-corrected chi connectivity index (χ4v) is 2.14. The predicted octanol–water partition coefficient (Wildman–Crippen LogP) is 0.0757. The second kappa shape index (κ2) is 9.73. The van der Waals surface area contributed by atoms with Crippen LogP contribution in [-0.2, 0) is 14.3 Å². The van der Waals surface area contributed by atoms with E-state index < -0.39 is 18.0 Å². The van der Waals surface area contributed by atoms with Gasteiger partial charge in [0.15, 0.2) is 6.10 Å². The van der Waals surface area contributed by atoms with E-state index in [2.05, 4.69) is 0 Å². The van der Waals surface area contributed by atoms with Crippen molar-refractivity contribution >= 4 is 11.9 Å². The van der Waals surface area contributed by atoms with E-state index in [0.717, 1.165) is 12.8 Å². The normalized spacial score (nSPS) is 14.5. The standard InChI is InChI=1S/C15H29NO5/c1-5-7-12(17)8-6-9-15(20)21-13(10-14(18)19)11-16(2,3)4/h12-13,17H,5-11H2,1-4H3. The molecule has 0 heterocycles. The molecule has 1 N–H and O–H groups in total. The lowest BCUT2D eigenvalue weighted by molar-refractivity contribution is -0.873. The maximum absolute atomic E-state index is 11.7. The van der Waals surface area contributed by atoms with Gasteiger partial charge in [-0.1, -0.05) is 13.3 Å². The molecule has 0 bridgehead atoms. The van der Waals surface area contributed by atoms with Gasteiger partial charge in [-0.15, -0.1) is 0 Å². The van der Waals surface area contributed by atoms with Gasteiger partial charge in [-0.05, 0) is 19.3 Å². The van der Waals surface area contributed by atoms with Gasteiger partial charge in [-0.2, -0.15) is 0 Å². The Balaban J connectivity index is 4.18. The molecular formula is C15H29NO5. The Morgan fingerprint density at radius 1 is 1.24 bits per heavy atom. The number of aliphatic hydroxyl groups is 1. The van der Waals surface area contributed by atoms with E-state index in [1.807, 2.05) is 28.1 Å². The molecular weight excluding hydrogens is 274 g/mol. The van der Waals surface area contributed by atoms with Gasteiger partial charge in [-0.3, -0.25) is 4.79 Å². The summed E-state index contributed by atoms with van der Waals surface area (Å²) in [5.41, 5.74) is 0. The Morgan fingerprint density at radius 2 is 1.86 bits per heavy atom. The molecule has 0 aliphatic heterocycles. The number of esters is 1. The van der Waals surface area contributed by atoms with Gasteiger partial charge in [0, 0.05) is 18.8 Å². The molecule has 2 atom stereocenters. The topological polar surface area (TPSA) is 86.7 Å². The van der Waals surface area contributed by atoms with E-state index in [0.29, 0.717) is 23.9 Å². The molecule has 0 aliphatic carbocycles. The predicted molar refractivity (Wildman–Crippen MR) is 77.2 cm³/mol.